The van der Waals surface area contributed by atoms with Crippen molar-refractivity contribution < 1.29 is 14.4 Å². The van der Waals surface area contributed by atoms with Gasteiger partial charge < -0.3 is 25.8 Å². The number of nitrogens with two attached hydrogens (primary N) is 2. The molecule has 1 aliphatic heterocycles. The van der Waals surface area contributed by atoms with E-state index in [-0.39, 0.29) is 23.5 Å². The molecule has 4 N–H and O–H groups in total. The van der Waals surface area contributed by atoms with Crippen molar-refractivity contribution >= 4 is 0 Å². The van der Waals surface area contributed by atoms with Crippen molar-refractivity contribution in [2.45, 2.75) is 69.4 Å². The lowest BCUT2D eigenvalue weighted by molar-refractivity contribution is -0.405. The van der Waals surface area contributed by atoms with Crippen LogP contribution < -0.4 is 11.5 Å². The van der Waals surface area contributed by atoms with Crippen molar-refractivity contribution in [3.05, 3.63) is 57.9 Å². The minimum Gasteiger partial charge on any atom is -0.385 e. The molecule has 0 amide bonds. The zero-order valence-corrected chi connectivity index (χ0v) is 21.3. The van der Waals surface area contributed by atoms with E-state index in [2.05, 4.69) is 17.0 Å². The highest BCUT2D eigenvalue weighted by molar-refractivity contribution is 5.21. The summed E-state index contributed by atoms with van der Waals surface area (Å²) >= 11 is 0. The first-order chi connectivity index (χ1) is 17.0. The third-order valence-electron chi connectivity index (χ3n) is 7.62. The van der Waals surface area contributed by atoms with E-state index in [1.54, 1.807) is 7.11 Å². The number of piperidine rings is 1. The van der Waals surface area contributed by atoms with Crippen LogP contribution >= 0.6 is 0 Å². The number of rotatable bonds is 13. The molecule has 196 valence electrons. The Morgan fingerprint density at radius 1 is 1.20 bits per heavy atom. The van der Waals surface area contributed by atoms with Gasteiger partial charge in [0.05, 0.1) is 16.6 Å². The maximum Gasteiger partial charge on any atom is 0.255 e. The number of benzene rings is 1. The fourth-order valence-corrected chi connectivity index (χ4v) is 5.86. The fourth-order valence-electron chi connectivity index (χ4n) is 5.86. The van der Waals surface area contributed by atoms with E-state index in [0.29, 0.717) is 37.8 Å². The van der Waals surface area contributed by atoms with Crippen LogP contribution in [0.2, 0.25) is 0 Å². The Bertz CT molecular complexity index is 800. The van der Waals surface area contributed by atoms with Crippen LogP contribution in [0.5, 0.6) is 0 Å². The van der Waals surface area contributed by atoms with Gasteiger partial charge in [0.25, 0.3) is 6.20 Å². The maximum atomic E-state index is 11.7. The third-order valence-corrected chi connectivity index (χ3v) is 7.62. The van der Waals surface area contributed by atoms with E-state index in [0.717, 1.165) is 50.4 Å². The average Bonchev–Trinajstić information content (AvgIpc) is 2.88. The molecule has 2 fully saturated rings. The minimum absolute atomic E-state index is 0.0869. The molecule has 1 aromatic rings. The molecular formula is C27H44N4O4. The molecule has 0 aromatic heterocycles. The molecule has 3 rings (SSSR count). The van der Waals surface area contributed by atoms with Crippen LogP contribution in [0, 0.1) is 22.0 Å². The largest absolute Gasteiger partial charge is 0.385 e. The number of nitrogens with zero attached hydrogens (tertiary/aromatic N) is 2. The first-order valence-electron chi connectivity index (χ1n) is 13.2. The second-order valence-electron chi connectivity index (χ2n) is 10.3. The van der Waals surface area contributed by atoms with Crippen LogP contribution in [-0.2, 0) is 9.47 Å². The van der Waals surface area contributed by atoms with Crippen molar-refractivity contribution in [2.24, 2.45) is 23.3 Å². The standard InChI is InChI=1S/C27H44N4O4/c1-34-16-9-17-35-26(23-12-6-3-7-13-23)24-14-8-15-30(19-24)25(20-31(32)33)27(29,21-28)18-22-10-4-2-5-11-22/h3,6-7,12-13,20,22,24,26H,2,4-5,8-11,14-19,21,28-29H2,1H3. The topological polar surface area (TPSA) is 117 Å². The zero-order valence-electron chi connectivity index (χ0n) is 21.3. The molecule has 2 aliphatic rings. The second kappa shape index (κ2) is 13.9. The third kappa shape index (κ3) is 8.00. The van der Waals surface area contributed by atoms with Crippen LogP contribution in [0.15, 0.2) is 42.2 Å². The summed E-state index contributed by atoms with van der Waals surface area (Å²) in [7, 11) is 1.70. The summed E-state index contributed by atoms with van der Waals surface area (Å²) in [5.41, 5.74) is 14.0. The number of methoxy groups -OCH3 is 1. The number of nitro groups is 1. The molecule has 3 unspecified atom stereocenters. The molecule has 1 aromatic carbocycles. The molecule has 0 spiro atoms. The number of likely N-dealkylation sites (tertiary alicyclic amines) is 1. The Balaban J connectivity index is 1.81. The Labute approximate surface area is 210 Å². The van der Waals surface area contributed by atoms with Gasteiger partial charge in [-0.25, -0.2) is 0 Å². The van der Waals surface area contributed by atoms with Crippen LogP contribution in [0.4, 0.5) is 0 Å². The highest BCUT2D eigenvalue weighted by Gasteiger charge is 2.40. The van der Waals surface area contributed by atoms with Crippen molar-refractivity contribution in [1.82, 2.24) is 4.90 Å². The molecule has 8 heteroatoms. The summed E-state index contributed by atoms with van der Waals surface area (Å²) in [6.07, 6.45) is 10.4. The quantitative estimate of drug-likeness (QED) is 0.242. The van der Waals surface area contributed by atoms with E-state index >= 15 is 0 Å². The molecule has 1 saturated carbocycles. The first-order valence-corrected chi connectivity index (χ1v) is 13.2. The lowest BCUT2D eigenvalue weighted by Gasteiger charge is -2.44. The summed E-state index contributed by atoms with van der Waals surface area (Å²) in [5.74, 6) is 0.662. The Hall–Kier alpha value is -2.00. The molecule has 35 heavy (non-hydrogen) atoms. The molecule has 1 aliphatic carbocycles. The summed E-state index contributed by atoms with van der Waals surface area (Å²) < 4.78 is 11.6. The predicted molar refractivity (Wildman–Crippen MR) is 138 cm³/mol. The Morgan fingerprint density at radius 3 is 2.60 bits per heavy atom. The molecular weight excluding hydrogens is 444 g/mol. The summed E-state index contributed by atoms with van der Waals surface area (Å²) in [6, 6.07) is 10.3. The van der Waals surface area contributed by atoms with E-state index in [1.165, 1.54) is 19.3 Å². The number of hydrogen-bond donors (Lipinski definition) is 2. The predicted octanol–water partition coefficient (Wildman–Crippen LogP) is 4.24. The lowest BCUT2D eigenvalue weighted by atomic mass is 9.77. The fraction of sp³-hybridized carbons (Fsp3) is 0.704. The van der Waals surface area contributed by atoms with E-state index in [4.69, 9.17) is 20.9 Å². The Kier molecular flexibility index (Phi) is 11.0. The number of hydrogen-bond acceptors (Lipinski definition) is 7. The van der Waals surface area contributed by atoms with Gasteiger partial charge in [-0.3, -0.25) is 10.1 Å². The van der Waals surface area contributed by atoms with Gasteiger partial charge in [-0.2, -0.15) is 0 Å². The summed E-state index contributed by atoms with van der Waals surface area (Å²) in [4.78, 5) is 13.5. The molecule has 1 saturated heterocycles. The average molecular weight is 489 g/mol. The van der Waals surface area contributed by atoms with Crippen LogP contribution in [0.1, 0.15) is 69.5 Å². The monoisotopic (exact) mass is 488 g/mol. The highest BCUT2D eigenvalue weighted by Crippen LogP contribution is 2.38. The second-order valence-corrected chi connectivity index (χ2v) is 10.3. The molecule has 0 bridgehead atoms. The smallest absolute Gasteiger partial charge is 0.255 e. The van der Waals surface area contributed by atoms with Gasteiger partial charge in [-0.05, 0) is 37.2 Å². The first kappa shape index (κ1) is 27.6. The van der Waals surface area contributed by atoms with Gasteiger partial charge in [-0.1, -0.05) is 62.4 Å². The van der Waals surface area contributed by atoms with E-state index < -0.39 is 5.54 Å². The van der Waals surface area contributed by atoms with Gasteiger partial charge in [0.15, 0.2) is 0 Å². The molecule has 8 nitrogen and oxygen atoms in total. The molecule has 3 atom stereocenters. The van der Waals surface area contributed by atoms with Crippen LogP contribution in [0.3, 0.4) is 0 Å². The van der Waals surface area contributed by atoms with Crippen molar-refractivity contribution in [3.63, 3.8) is 0 Å². The van der Waals surface area contributed by atoms with Crippen molar-refractivity contribution in [1.29, 1.82) is 0 Å². The summed E-state index contributed by atoms with van der Waals surface area (Å²) in [6.45, 7) is 2.85. The molecule has 0 radical (unpaired) electrons. The van der Waals surface area contributed by atoms with Gasteiger partial charge >= 0.3 is 0 Å². The summed E-state index contributed by atoms with van der Waals surface area (Å²) in [5, 5.41) is 11.7. The van der Waals surface area contributed by atoms with Gasteiger partial charge in [0, 0.05) is 45.9 Å². The van der Waals surface area contributed by atoms with Crippen molar-refractivity contribution in [3.8, 4) is 0 Å². The maximum absolute atomic E-state index is 11.7. The van der Waals surface area contributed by atoms with Crippen LogP contribution in [-0.4, -0.2) is 55.3 Å². The zero-order chi connectivity index (χ0) is 25.1. The van der Waals surface area contributed by atoms with Gasteiger partial charge in [0.2, 0.25) is 0 Å². The SMILES string of the molecule is COCCCOC(c1ccccc1)C1CCCN(C(=C[N+](=O)[O-])C(N)(CN)CC2CCCCC2)C1. The van der Waals surface area contributed by atoms with E-state index in [9.17, 15) is 10.1 Å². The van der Waals surface area contributed by atoms with Crippen molar-refractivity contribution in [2.75, 3.05) is 40.0 Å². The van der Waals surface area contributed by atoms with Crippen LogP contribution in [0.25, 0.3) is 0 Å². The number of ether oxygens (including phenoxy) is 2. The van der Waals surface area contributed by atoms with E-state index in [1.807, 2.05) is 18.2 Å². The molecule has 1 heterocycles. The highest BCUT2D eigenvalue weighted by atomic mass is 16.6. The van der Waals surface area contributed by atoms with Gasteiger partial charge in [0.1, 0.15) is 5.70 Å². The van der Waals surface area contributed by atoms with Gasteiger partial charge in [-0.15, -0.1) is 0 Å². The lowest BCUT2D eigenvalue weighted by Crippen LogP contribution is -2.56. The minimum atomic E-state index is -0.904. The normalized spacial score (nSPS) is 22.5. The Morgan fingerprint density at radius 2 is 1.94 bits per heavy atom.